The summed E-state index contributed by atoms with van der Waals surface area (Å²) in [5.74, 6) is 0.693. The number of sulfone groups is 1. The topological polar surface area (TPSA) is 60.2 Å². The van der Waals surface area contributed by atoms with Gasteiger partial charge in [-0.15, -0.1) is 0 Å². The summed E-state index contributed by atoms with van der Waals surface area (Å²) in [5, 5.41) is -0.443. The first-order valence-electron chi connectivity index (χ1n) is 7.42. The van der Waals surface area contributed by atoms with Crippen molar-refractivity contribution in [3.8, 4) is 0 Å². The minimum atomic E-state index is -3.14. The maximum atomic E-state index is 12.6. The third kappa shape index (κ3) is 2.91. The van der Waals surface area contributed by atoms with E-state index in [4.69, 9.17) is 5.73 Å². The summed E-state index contributed by atoms with van der Waals surface area (Å²) in [7, 11) is -3.14. The van der Waals surface area contributed by atoms with Gasteiger partial charge in [0.1, 0.15) is 0 Å². The van der Waals surface area contributed by atoms with Gasteiger partial charge in [0.05, 0.1) is 11.0 Å². The Hall–Kier alpha value is -0.870. The largest absolute Gasteiger partial charge is 0.323 e. The first-order valence-corrected chi connectivity index (χ1v) is 9.14. The van der Waals surface area contributed by atoms with E-state index in [0.29, 0.717) is 6.42 Å². The number of fused-ring (bicyclic) bond motifs is 1. The molecule has 1 aromatic rings. The number of benzene rings is 1. The van der Waals surface area contributed by atoms with E-state index in [2.05, 4.69) is 13.0 Å². The van der Waals surface area contributed by atoms with E-state index >= 15 is 0 Å². The van der Waals surface area contributed by atoms with E-state index < -0.39 is 21.1 Å². The van der Waals surface area contributed by atoms with Crippen molar-refractivity contribution >= 4 is 9.84 Å². The average Bonchev–Trinajstić information content (AvgIpc) is 2.42. The molecule has 1 aliphatic rings. The van der Waals surface area contributed by atoms with Crippen molar-refractivity contribution in [3.05, 3.63) is 35.4 Å². The van der Waals surface area contributed by atoms with Crippen LogP contribution in [0.15, 0.2) is 24.3 Å². The Morgan fingerprint density at radius 2 is 1.90 bits per heavy atom. The van der Waals surface area contributed by atoms with Crippen LogP contribution in [0.2, 0.25) is 0 Å². The lowest BCUT2D eigenvalue weighted by Crippen LogP contribution is -2.40. The number of rotatable bonds is 4. The molecule has 0 radical (unpaired) electrons. The van der Waals surface area contributed by atoms with Crippen LogP contribution in [0.25, 0.3) is 0 Å². The zero-order valence-electron chi connectivity index (χ0n) is 12.5. The summed E-state index contributed by atoms with van der Waals surface area (Å²) < 4.78 is 25.3. The molecule has 0 spiro atoms. The minimum Gasteiger partial charge on any atom is -0.323 e. The Morgan fingerprint density at radius 1 is 1.30 bits per heavy atom. The Labute approximate surface area is 122 Å². The molecule has 3 nitrogen and oxygen atoms in total. The summed E-state index contributed by atoms with van der Waals surface area (Å²) in [6.45, 7) is 6.11. The minimum absolute atomic E-state index is 0.194. The van der Waals surface area contributed by atoms with Crippen molar-refractivity contribution in [1.29, 1.82) is 0 Å². The van der Waals surface area contributed by atoms with Crippen LogP contribution in [0.5, 0.6) is 0 Å². The fourth-order valence-electron chi connectivity index (χ4n) is 3.09. The second-order valence-electron chi connectivity index (χ2n) is 6.17. The molecule has 0 saturated carbocycles. The van der Waals surface area contributed by atoms with Gasteiger partial charge in [-0.05, 0) is 29.4 Å². The Bertz CT molecular complexity index is 568. The lowest BCUT2D eigenvalue weighted by Gasteiger charge is -2.35. The van der Waals surface area contributed by atoms with Crippen molar-refractivity contribution in [2.45, 2.75) is 50.8 Å². The van der Waals surface area contributed by atoms with Gasteiger partial charge in [0.25, 0.3) is 0 Å². The number of hydrogen-bond acceptors (Lipinski definition) is 3. The molecule has 4 heteroatoms. The molecule has 2 rings (SSSR count). The lowest BCUT2D eigenvalue weighted by atomic mass is 9.81. The van der Waals surface area contributed by atoms with Crippen molar-refractivity contribution in [3.63, 3.8) is 0 Å². The summed E-state index contributed by atoms with van der Waals surface area (Å²) in [6, 6.07) is 7.58. The molecule has 0 aromatic heterocycles. The van der Waals surface area contributed by atoms with Crippen LogP contribution in [0, 0.1) is 5.92 Å². The summed E-state index contributed by atoms with van der Waals surface area (Å²) >= 11 is 0. The molecule has 0 amide bonds. The summed E-state index contributed by atoms with van der Waals surface area (Å²) in [4.78, 5) is 0. The van der Waals surface area contributed by atoms with Gasteiger partial charge >= 0.3 is 0 Å². The average molecular weight is 295 g/mol. The Balaban J connectivity index is 2.32. The van der Waals surface area contributed by atoms with Gasteiger partial charge in [-0.1, -0.05) is 51.5 Å². The van der Waals surface area contributed by atoms with Gasteiger partial charge in [-0.25, -0.2) is 8.42 Å². The smallest absolute Gasteiger partial charge is 0.155 e. The third-order valence-corrected chi connectivity index (χ3v) is 6.99. The highest BCUT2D eigenvalue weighted by Gasteiger charge is 2.39. The van der Waals surface area contributed by atoms with Crippen molar-refractivity contribution in [2.24, 2.45) is 11.7 Å². The molecular weight excluding hydrogens is 270 g/mol. The van der Waals surface area contributed by atoms with Gasteiger partial charge in [-0.2, -0.15) is 0 Å². The van der Waals surface area contributed by atoms with Crippen LogP contribution in [0.1, 0.15) is 56.7 Å². The number of nitrogens with two attached hydrogens (primary N) is 1. The molecule has 0 fully saturated rings. The molecule has 1 aromatic carbocycles. The van der Waals surface area contributed by atoms with E-state index in [0.717, 1.165) is 12.0 Å². The second kappa shape index (κ2) is 5.86. The van der Waals surface area contributed by atoms with Gasteiger partial charge in [0, 0.05) is 6.04 Å². The van der Waals surface area contributed by atoms with Crippen LogP contribution in [-0.2, 0) is 9.84 Å². The predicted molar refractivity (Wildman–Crippen MR) is 83.4 cm³/mol. The highest BCUT2D eigenvalue weighted by molar-refractivity contribution is 7.92. The summed E-state index contributed by atoms with van der Waals surface area (Å²) in [5.41, 5.74) is 8.48. The van der Waals surface area contributed by atoms with Crippen molar-refractivity contribution < 1.29 is 8.42 Å². The van der Waals surface area contributed by atoms with Crippen molar-refractivity contribution in [2.75, 3.05) is 5.75 Å². The molecule has 2 N–H and O–H groups in total. The van der Waals surface area contributed by atoms with Crippen LogP contribution in [0.4, 0.5) is 0 Å². The zero-order valence-corrected chi connectivity index (χ0v) is 13.4. The third-order valence-electron chi connectivity index (χ3n) is 4.55. The van der Waals surface area contributed by atoms with E-state index in [-0.39, 0.29) is 17.6 Å². The lowest BCUT2D eigenvalue weighted by molar-refractivity contribution is 0.480. The van der Waals surface area contributed by atoms with Gasteiger partial charge < -0.3 is 5.73 Å². The molecule has 0 heterocycles. The summed E-state index contributed by atoms with van der Waals surface area (Å²) in [6.07, 6.45) is 1.52. The van der Waals surface area contributed by atoms with Crippen molar-refractivity contribution in [1.82, 2.24) is 0 Å². The standard InChI is InChI=1S/C16H25NO2S/c1-4-11(2)10-20(18,19)15-9-12(3)13-7-5-6-8-14(13)16(15)17/h5-8,11-12,15-16H,4,9-10,17H2,1-3H3. The number of hydrogen-bond donors (Lipinski definition) is 1. The fourth-order valence-corrected chi connectivity index (χ4v) is 5.54. The van der Waals surface area contributed by atoms with Gasteiger partial charge in [0.15, 0.2) is 9.84 Å². The fraction of sp³-hybridized carbons (Fsp3) is 0.625. The molecule has 20 heavy (non-hydrogen) atoms. The molecule has 1 aliphatic carbocycles. The van der Waals surface area contributed by atoms with Crippen LogP contribution < -0.4 is 5.73 Å². The quantitative estimate of drug-likeness (QED) is 0.929. The normalized spacial score (nSPS) is 27.9. The predicted octanol–water partition coefficient (Wildman–Crippen LogP) is 3.02. The zero-order chi connectivity index (χ0) is 14.9. The van der Waals surface area contributed by atoms with Crippen LogP contribution in [-0.4, -0.2) is 19.4 Å². The monoisotopic (exact) mass is 295 g/mol. The molecule has 0 bridgehead atoms. The van der Waals surface area contributed by atoms with E-state index in [1.165, 1.54) is 5.56 Å². The van der Waals surface area contributed by atoms with E-state index in [1.807, 2.05) is 32.0 Å². The van der Waals surface area contributed by atoms with E-state index in [1.54, 1.807) is 0 Å². The van der Waals surface area contributed by atoms with E-state index in [9.17, 15) is 8.42 Å². The Morgan fingerprint density at radius 3 is 2.50 bits per heavy atom. The Kier molecular flexibility index (Phi) is 4.55. The maximum Gasteiger partial charge on any atom is 0.155 e. The molecule has 112 valence electrons. The van der Waals surface area contributed by atoms with Crippen LogP contribution in [0.3, 0.4) is 0 Å². The van der Waals surface area contributed by atoms with Crippen LogP contribution >= 0.6 is 0 Å². The SMILES string of the molecule is CCC(C)CS(=O)(=O)C1CC(C)c2ccccc2C1N. The van der Waals surface area contributed by atoms with Gasteiger partial charge in [-0.3, -0.25) is 0 Å². The second-order valence-corrected chi connectivity index (χ2v) is 8.44. The molecule has 0 aliphatic heterocycles. The highest BCUT2D eigenvalue weighted by atomic mass is 32.2. The maximum absolute atomic E-state index is 12.6. The molecule has 0 saturated heterocycles. The molecule has 4 unspecified atom stereocenters. The first kappa shape index (κ1) is 15.5. The first-order chi connectivity index (χ1) is 9.36. The highest BCUT2D eigenvalue weighted by Crippen LogP contribution is 2.39. The van der Waals surface area contributed by atoms with Gasteiger partial charge in [0.2, 0.25) is 0 Å². The molecule has 4 atom stereocenters. The molecular formula is C16H25NO2S.